The molecule has 1 heterocycles. The molecule has 1 aliphatic heterocycles. The molecule has 0 radical (unpaired) electrons. The lowest BCUT2D eigenvalue weighted by Crippen LogP contribution is -2.57. The molecule has 0 bridgehead atoms. The van der Waals surface area contributed by atoms with Crippen molar-refractivity contribution in [3.05, 3.63) is 0 Å². The third-order valence-electron chi connectivity index (χ3n) is 5.99. The third-order valence-corrected chi connectivity index (χ3v) is 5.99. The molecule has 3 nitrogen and oxygen atoms in total. The minimum Gasteiger partial charge on any atom is -0.376 e. The van der Waals surface area contributed by atoms with Gasteiger partial charge in [-0.3, -0.25) is 4.90 Å². The minimum atomic E-state index is 0.340. The molecule has 1 aliphatic carbocycles. The molecular weight excluding hydrogens is 284 g/mol. The van der Waals surface area contributed by atoms with Crippen LogP contribution >= 0.6 is 0 Å². The van der Waals surface area contributed by atoms with E-state index >= 15 is 0 Å². The lowest BCUT2D eigenvalue weighted by atomic mass is 9.84. The van der Waals surface area contributed by atoms with Crippen LogP contribution < -0.4 is 0 Å². The summed E-state index contributed by atoms with van der Waals surface area (Å²) >= 11 is 0. The van der Waals surface area contributed by atoms with Gasteiger partial charge in [0.1, 0.15) is 0 Å². The highest BCUT2D eigenvalue weighted by atomic mass is 16.5. The van der Waals surface area contributed by atoms with Crippen LogP contribution in [0.15, 0.2) is 0 Å². The summed E-state index contributed by atoms with van der Waals surface area (Å²) in [6.07, 6.45) is 10.5. The number of hydrogen-bond acceptors (Lipinski definition) is 3. The highest BCUT2D eigenvalue weighted by Gasteiger charge is 2.30. The second kappa shape index (κ2) is 8.82. The van der Waals surface area contributed by atoms with Gasteiger partial charge in [0.2, 0.25) is 0 Å². The van der Waals surface area contributed by atoms with Crippen LogP contribution in [-0.4, -0.2) is 60.8 Å². The Hall–Kier alpha value is -0.120. The molecule has 1 saturated carbocycles. The van der Waals surface area contributed by atoms with Crippen molar-refractivity contribution in [2.45, 2.75) is 90.4 Å². The van der Waals surface area contributed by atoms with Gasteiger partial charge in [-0.1, -0.05) is 12.8 Å². The molecule has 1 saturated heterocycles. The van der Waals surface area contributed by atoms with Gasteiger partial charge < -0.3 is 9.64 Å². The Balaban J connectivity index is 1.55. The summed E-state index contributed by atoms with van der Waals surface area (Å²) in [6.45, 7) is 14.0. The maximum atomic E-state index is 5.96. The van der Waals surface area contributed by atoms with Crippen molar-refractivity contribution < 1.29 is 4.74 Å². The fourth-order valence-electron chi connectivity index (χ4n) is 4.24. The first kappa shape index (κ1) is 19.2. The number of rotatable bonds is 7. The first-order valence-electron chi connectivity index (χ1n) is 9.96. The molecule has 0 aromatic heterocycles. The van der Waals surface area contributed by atoms with Crippen molar-refractivity contribution in [1.82, 2.24) is 9.80 Å². The summed E-state index contributed by atoms with van der Waals surface area (Å²) in [5.74, 6) is 0.964. The monoisotopic (exact) mass is 324 g/mol. The molecule has 23 heavy (non-hydrogen) atoms. The smallest absolute Gasteiger partial charge is 0.0578 e. The van der Waals surface area contributed by atoms with Gasteiger partial charge in [0.05, 0.1) is 12.2 Å². The zero-order valence-electron chi connectivity index (χ0n) is 16.3. The lowest BCUT2D eigenvalue weighted by Gasteiger charge is -2.45. The SMILES string of the molecule is CC(C)OC1CCC(CCCCN2CCN(C)C(C)(C)C2)CC1. The first-order chi connectivity index (χ1) is 10.9. The molecule has 0 atom stereocenters. The predicted octanol–water partition coefficient (Wildman–Crippen LogP) is 4.17. The van der Waals surface area contributed by atoms with Gasteiger partial charge in [-0.05, 0) is 79.3 Å². The van der Waals surface area contributed by atoms with Crippen molar-refractivity contribution in [1.29, 1.82) is 0 Å². The summed E-state index contributed by atoms with van der Waals surface area (Å²) in [5, 5.41) is 0. The number of unbranched alkanes of at least 4 members (excludes halogenated alkanes) is 1. The molecule has 136 valence electrons. The van der Waals surface area contributed by atoms with Gasteiger partial charge in [0.25, 0.3) is 0 Å². The van der Waals surface area contributed by atoms with E-state index in [-0.39, 0.29) is 0 Å². The molecule has 2 fully saturated rings. The van der Waals surface area contributed by atoms with Crippen LogP contribution in [0, 0.1) is 5.92 Å². The maximum Gasteiger partial charge on any atom is 0.0578 e. The zero-order chi connectivity index (χ0) is 16.9. The van der Waals surface area contributed by atoms with Crippen molar-refractivity contribution in [2.75, 3.05) is 33.2 Å². The number of ether oxygens (including phenoxy) is 1. The number of hydrogen-bond donors (Lipinski definition) is 0. The molecule has 0 spiro atoms. The molecule has 0 amide bonds. The molecule has 3 heteroatoms. The fourth-order valence-corrected chi connectivity index (χ4v) is 4.24. The van der Waals surface area contributed by atoms with Gasteiger partial charge in [-0.15, -0.1) is 0 Å². The summed E-state index contributed by atoms with van der Waals surface area (Å²) in [6, 6.07) is 0. The molecule has 0 aromatic carbocycles. The van der Waals surface area contributed by atoms with E-state index in [1.165, 1.54) is 71.1 Å². The summed E-state index contributed by atoms with van der Waals surface area (Å²) < 4.78 is 5.96. The number of nitrogens with zero attached hydrogens (tertiary/aromatic N) is 2. The largest absolute Gasteiger partial charge is 0.376 e. The van der Waals surface area contributed by atoms with Crippen LogP contribution in [0.3, 0.4) is 0 Å². The molecule has 2 rings (SSSR count). The predicted molar refractivity (Wildman–Crippen MR) is 99.0 cm³/mol. The quantitative estimate of drug-likeness (QED) is 0.654. The van der Waals surface area contributed by atoms with Crippen molar-refractivity contribution >= 4 is 0 Å². The van der Waals surface area contributed by atoms with Crippen molar-refractivity contribution in [2.24, 2.45) is 5.92 Å². The van der Waals surface area contributed by atoms with E-state index in [4.69, 9.17) is 4.74 Å². The second-order valence-electron chi connectivity index (χ2n) is 8.83. The topological polar surface area (TPSA) is 15.7 Å². The van der Waals surface area contributed by atoms with Gasteiger partial charge in [0.15, 0.2) is 0 Å². The van der Waals surface area contributed by atoms with Crippen LogP contribution in [0.5, 0.6) is 0 Å². The van der Waals surface area contributed by atoms with Crippen LogP contribution in [0.1, 0.15) is 72.6 Å². The Morgan fingerprint density at radius 3 is 2.35 bits per heavy atom. The van der Waals surface area contributed by atoms with E-state index < -0.39 is 0 Å². The third kappa shape index (κ3) is 6.36. The zero-order valence-corrected chi connectivity index (χ0v) is 16.3. The molecule has 0 N–H and O–H groups in total. The fraction of sp³-hybridized carbons (Fsp3) is 1.00. The van der Waals surface area contributed by atoms with E-state index in [1.54, 1.807) is 0 Å². The number of likely N-dealkylation sites (N-methyl/N-ethyl adjacent to an activating group) is 1. The Morgan fingerprint density at radius 1 is 1.04 bits per heavy atom. The molecule has 0 unspecified atom stereocenters. The number of piperazine rings is 1. The van der Waals surface area contributed by atoms with E-state index in [1.807, 2.05) is 0 Å². The van der Waals surface area contributed by atoms with Gasteiger partial charge in [-0.25, -0.2) is 0 Å². The highest BCUT2D eigenvalue weighted by molar-refractivity contribution is 4.88. The van der Waals surface area contributed by atoms with Crippen molar-refractivity contribution in [3.8, 4) is 0 Å². The summed E-state index contributed by atoms with van der Waals surface area (Å²) in [4.78, 5) is 5.18. The van der Waals surface area contributed by atoms with Crippen LogP contribution in [0.25, 0.3) is 0 Å². The normalized spacial score (nSPS) is 30.0. The van der Waals surface area contributed by atoms with Gasteiger partial charge in [0, 0.05) is 25.2 Å². The van der Waals surface area contributed by atoms with E-state index in [0.717, 1.165) is 5.92 Å². The lowest BCUT2D eigenvalue weighted by molar-refractivity contribution is -0.0204. The first-order valence-corrected chi connectivity index (χ1v) is 9.96. The molecule has 0 aromatic rings. The van der Waals surface area contributed by atoms with Crippen LogP contribution in [0.2, 0.25) is 0 Å². The summed E-state index contributed by atoms with van der Waals surface area (Å²) in [5.41, 5.74) is 0.340. The van der Waals surface area contributed by atoms with Crippen molar-refractivity contribution in [3.63, 3.8) is 0 Å². The van der Waals surface area contributed by atoms with Gasteiger partial charge >= 0.3 is 0 Å². The average molecular weight is 325 g/mol. The van der Waals surface area contributed by atoms with E-state index in [0.29, 0.717) is 17.7 Å². The van der Waals surface area contributed by atoms with E-state index in [9.17, 15) is 0 Å². The minimum absolute atomic E-state index is 0.340. The van der Waals surface area contributed by atoms with E-state index in [2.05, 4.69) is 44.5 Å². The van der Waals surface area contributed by atoms with Crippen LogP contribution in [0.4, 0.5) is 0 Å². The Kier molecular flexibility index (Phi) is 7.37. The summed E-state index contributed by atoms with van der Waals surface area (Å²) in [7, 11) is 2.26. The standard InChI is InChI=1S/C20H40N2O/c1-17(2)23-19-11-9-18(10-12-19)8-6-7-13-22-15-14-21(5)20(3,4)16-22/h17-19H,6-16H2,1-5H3. The maximum absolute atomic E-state index is 5.96. The van der Waals surface area contributed by atoms with Gasteiger partial charge in [-0.2, -0.15) is 0 Å². The molecular formula is C20H40N2O. The Labute approximate surface area is 144 Å². The van der Waals surface area contributed by atoms with Crippen LogP contribution in [-0.2, 0) is 4.74 Å². The average Bonchev–Trinajstić information content (AvgIpc) is 2.48. The highest BCUT2D eigenvalue weighted by Crippen LogP contribution is 2.30. The Bertz CT molecular complexity index is 335. The second-order valence-corrected chi connectivity index (χ2v) is 8.83. The molecule has 2 aliphatic rings. The Morgan fingerprint density at radius 2 is 1.74 bits per heavy atom.